The van der Waals surface area contributed by atoms with Gasteiger partial charge in [0.1, 0.15) is 0 Å². The SMILES string of the molecule is Cn1cnc2cc(C(=O)N[C@H](Cc3ccccn3)C3CC(O)C3)ccc21. The van der Waals surface area contributed by atoms with Crippen LogP contribution < -0.4 is 5.32 Å². The number of carbonyl (C=O) groups is 1. The number of hydrogen-bond acceptors (Lipinski definition) is 4. The minimum absolute atomic E-state index is 0.0415. The number of carbonyl (C=O) groups excluding carboxylic acids is 1. The van der Waals surface area contributed by atoms with Crippen LogP contribution in [0.1, 0.15) is 28.9 Å². The molecule has 26 heavy (non-hydrogen) atoms. The zero-order valence-electron chi connectivity index (χ0n) is 14.7. The molecule has 1 saturated carbocycles. The number of aliphatic hydroxyl groups is 1. The van der Waals surface area contributed by atoms with Crippen molar-refractivity contribution in [3.05, 3.63) is 60.2 Å². The number of fused-ring (bicyclic) bond motifs is 1. The fraction of sp³-hybridized carbons (Fsp3) is 0.350. The molecular weight excluding hydrogens is 328 g/mol. The number of hydrogen-bond donors (Lipinski definition) is 2. The number of amides is 1. The van der Waals surface area contributed by atoms with Gasteiger partial charge in [0.25, 0.3) is 5.91 Å². The number of nitrogens with zero attached hydrogens (tertiary/aromatic N) is 3. The quantitative estimate of drug-likeness (QED) is 0.738. The van der Waals surface area contributed by atoms with Crippen molar-refractivity contribution in [1.82, 2.24) is 19.9 Å². The Morgan fingerprint density at radius 3 is 2.88 bits per heavy atom. The van der Waals surface area contributed by atoms with E-state index in [1.165, 1.54) is 0 Å². The van der Waals surface area contributed by atoms with Crippen LogP contribution in [0.5, 0.6) is 0 Å². The molecule has 2 heterocycles. The van der Waals surface area contributed by atoms with Crippen molar-refractivity contribution < 1.29 is 9.90 Å². The van der Waals surface area contributed by atoms with Crippen molar-refractivity contribution in [2.45, 2.75) is 31.4 Å². The summed E-state index contributed by atoms with van der Waals surface area (Å²) in [5.41, 5.74) is 3.34. The molecule has 2 N–H and O–H groups in total. The number of aliphatic hydroxyl groups excluding tert-OH is 1. The van der Waals surface area contributed by atoms with E-state index in [0.29, 0.717) is 12.0 Å². The van der Waals surface area contributed by atoms with Crippen LogP contribution in [-0.4, -0.2) is 37.7 Å². The lowest BCUT2D eigenvalue weighted by atomic mass is 9.76. The van der Waals surface area contributed by atoms with Crippen LogP contribution in [0.3, 0.4) is 0 Å². The van der Waals surface area contributed by atoms with Crippen LogP contribution in [0.25, 0.3) is 11.0 Å². The molecule has 0 aliphatic heterocycles. The Morgan fingerprint density at radius 1 is 1.31 bits per heavy atom. The van der Waals surface area contributed by atoms with E-state index in [9.17, 15) is 9.90 Å². The first kappa shape index (κ1) is 16.7. The molecule has 1 aliphatic carbocycles. The third-order valence-electron chi connectivity index (χ3n) is 5.18. The summed E-state index contributed by atoms with van der Waals surface area (Å²) in [6.07, 6.45) is 5.35. The minimum Gasteiger partial charge on any atom is -0.393 e. The molecule has 0 bridgehead atoms. The third-order valence-corrected chi connectivity index (χ3v) is 5.18. The Hall–Kier alpha value is -2.73. The van der Waals surface area contributed by atoms with Gasteiger partial charge in [0.05, 0.1) is 23.5 Å². The Morgan fingerprint density at radius 2 is 2.15 bits per heavy atom. The number of benzene rings is 1. The summed E-state index contributed by atoms with van der Waals surface area (Å²) in [6.45, 7) is 0. The first-order valence-electron chi connectivity index (χ1n) is 8.90. The second-order valence-corrected chi connectivity index (χ2v) is 7.05. The van der Waals surface area contributed by atoms with E-state index in [1.807, 2.05) is 48.0 Å². The maximum absolute atomic E-state index is 12.8. The topological polar surface area (TPSA) is 80.0 Å². The summed E-state index contributed by atoms with van der Waals surface area (Å²) in [5.74, 6) is 0.161. The lowest BCUT2D eigenvalue weighted by molar-refractivity contribution is 0.0238. The largest absolute Gasteiger partial charge is 0.393 e. The van der Waals surface area contributed by atoms with E-state index < -0.39 is 0 Å². The van der Waals surface area contributed by atoms with Gasteiger partial charge in [-0.2, -0.15) is 0 Å². The van der Waals surface area contributed by atoms with Gasteiger partial charge in [-0.05, 0) is 49.1 Å². The lowest BCUT2D eigenvalue weighted by Gasteiger charge is -2.38. The predicted octanol–water partition coefficient (Wildman–Crippen LogP) is 2.08. The second-order valence-electron chi connectivity index (χ2n) is 7.05. The van der Waals surface area contributed by atoms with E-state index in [0.717, 1.165) is 29.6 Å². The van der Waals surface area contributed by atoms with Gasteiger partial charge in [-0.3, -0.25) is 9.78 Å². The van der Waals surface area contributed by atoms with Crippen molar-refractivity contribution in [2.24, 2.45) is 13.0 Å². The third kappa shape index (κ3) is 3.32. The monoisotopic (exact) mass is 350 g/mol. The van der Waals surface area contributed by atoms with Crippen LogP contribution in [0.2, 0.25) is 0 Å². The molecular formula is C20H22N4O2. The van der Waals surface area contributed by atoms with Crippen LogP contribution in [0.4, 0.5) is 0 Å². The van der Waals surface area contributed by atoms with Crippen LogP contribution in [0, 0.1) is 5.92 Å². The van der Waals surface area contributed by atoms with Gasteiger partial charge in [-0.1, -0.05) is 6.07 Å². The van der Waals surface area contributed by atoms with Gasteiger partial charge in [-0.25, -0.2) is 4.98 Å². The van der Waals surface area contributed by atoms with Gasteiger partial charge < -0.3 is 15.0 Å². The van der Waals surface area contributed by atoms with E-state index >= 15 is 0 Å². The average molecular weight is 350 g/mol. The summed E-state index contributed by atoms with van der Waals surface area (Å²) in [7, 11) is 1.93. The van der Waals surface area contributed by atoms with E-state index in [-0.39, 0.29) is 24.0 Å². The van der Waals surface area contributed by atoms with Crippen molar-refractivity contribution in [1.29, 1.82) is 0 Å². The number of aryl methyl sites for hydroxylation is 1. The molecule has 1 fully saturated rings. The molecule has 1 aromatic carbocycles. The van der Waals surface area contributed by atoms with Crippen molar-refractivity contribution >= 4 is 16.9 Å². The number of nitrogens with one attached hydrogen (secondary N) is 1. The Kier molecular flexibility index (Phi) is 4.42. The maximum atomic E-state index is 12.8. The molecule has 0 unspecified atom stereocenters. The van der Waals surface area contributed by atoms with Gasteiger partial charge in [0, 0.05) is 37.0 Å². The van der Waals surface area contributed by atoms with Crippen molar-refractivity contribution in [3.8, 4) is 0 Å². The highest BCUT2D eigenvalue weighted by Crippen LogP contribution is 2.31. The molecule has 0 radical (unpaired) electrons. The molecule has 6 nitrogen and oxygen atoms in total. The highest BCUT2D eigenvalue weighted by atomic mass is 16.3. The predicted molar refractivity (Wildman–Crippen MR) is 98.6 cm³/mol. The summed E-state index contributed by atoms with van der Waals surface area (Å²) in [5, 5.41) is 12.8. The maximum Gasteiger partial charge on any atom is 0.251 e. The highest BCUT2D eigenvalue weighted by Gasteiger charge is 2.35. The van der Waals surface area contributed by atoms with Crippen LogP contribution in [0.15, 0.2) is 48.9 Å². The molecule has 0 spiro atoms. The number of aromatic nitrogens is 3. The first-order chi connectivity index (χ1) is 12.6. The van der Waals surface area contributed by atoms with E-state index in [2.05, 4.69) is 15.3 Å². The smallest absolute Gasteiger partial charge is 0.251 e. The molecule has 1 amide bonds. The fourth-order valence-electron chi connectivity index (χ4n) is 3.57. The van der Waals surface area contributed by atoms with Crippen molar-refractivity contribution in [2.75, 3.05) is 0 Å². The molecule has 1 atom stereocenters. The standard InChI is InChI=1S/C20H22N4O2/c1-24-12-22-18-10-13(5-6-19(18)24)20(26)23-17(14-8-16(25)9-14)11-15-4-2-3-7-21-15/h2-7,10,12,14,16-17,25H,8-9,11H2,1H3,(H,23,26)/t14?,16?,17-/m1/s1. The van der Waals surface area contributed by atoms with Crippen molar-refractivity contribution in [3.63, 3.8) is 0 Å². The number of imidazole rings is 1. The van der Waals surface area contributed by atoms with Gasteiger partial charge in [-0.15, -0.1) is 0 Å². The number of pyridine rings is 1. The average Bonchev–Trinajstić information content (AvgIpc) is 3.00. The highest BCUT2D eigenvalue weighted by molar-refractivity contribution is 5.97. The zero-order chi connectivity index (χ0) is 18.1. The fourth-order valence-corrected chi connectivity index (χ4v) is 3.57. The Balaban J connectivity index is 1.52. The van der Waals surface area contributed by atoms with Gasteiger partial charge in [0.15, 0.2) is 0 Å². The Bertz CT molecular complexity index is 916. The molecule has 1 aliphatic rings. The Labute approximate surface area is 151 Å². The molecule has 4 rings (SSSR count). The summed E-state index contributed by atoms with van der Waals surface area (Å²) in [4.78, 5) is 21.5. The molecule has 0 saturated heterocycles. The summed E-state index contributed by atoms with van der Waals surface area (Å²) < 4.78 is 1.93. The molecule has 6 heteroatoms. The number of rotatable bonds is 5. The second kappa shape index (κ2) is 6.88. The van der Waals surface area contributed by atoms with E-state index in [1.54, 1.807) is 12.5 Å². The first-order valence-corrected chi connectivity index (χ1v) is 8.90. The molecule has 3 aromatic rings. The summed E-state index contributed by atoms with van der Waals surface area (Å²) in [6, 6.07) is 11.3. The van der Waals surface area contributed by atoms with Gasteiger partial charge >= 0.3 is 0 Å². The van der Waals surface area contributed by atoms with Crippen LogP contribution >= 0.6 is 0 Å². The van der Waals surface area contributed by atoms with Gasteiger partial charge in [0.2, 0.25) is 0 Å². The van der Waals surface area contributed by atoms with E-state index in [4.69, 9.17) is 0 Å². The lowest BCUT2D eigenvalue weighted by Crippen LogP contribution is -2.48. The van der Waals surface area contributed by atoms with Crippen LogP contribution in [-0.2, 0) is 13.5 Å². The normalized spacial score (nSPS) is 20.5. The molecule has 134 valence electrons. The zero-order valence-corrected chi connectivity index (χ0v) is 14.7. The summed E-state index contributed by atoms with van der Waals surface area (Å²) >= 11 is 0. The molecule has 2 aromatic heterocycles. The minimum atomic E-state index is -0.256.